The van der Waals surface area contributed by atoms with Crippen molar-refractivity contribution in [3.8, 4) is 0 Å². The van der Waals surface area contributed by atoms with Crippen molar-refractivity contribution in [1.82, 2.24) is 5.32 Å². The zero-order valence-corrected chi connectivity index (χ0v) is 38.0. The molecule has 0 rings (SSSR count). The lowest BCUT2D eigenvalue weighted by Gasteiger charge is -2.24. The van der Waals surface area contributed by atoms with Crippen LogP contribution in [-0.2, 0) is 14.3 Å². The van der Waals surface area contributed by atoms with Gasteiger partial charge in [0, 0.05) is 6.42 Å². The first kappa shape index (κ1) is 55.1. The second-order valence-electron chi connectivity index (χ2n) is 16.8. The summed E-state index contributed by atoms with van der Waals surface area (Å²) < 4.78 is 5.90. The van der Waals surface area contributed by atoms with Crippen LogP contribution >= 0.6 is 0 Å². The number of hydrogen-bond acceptors (Lipinski definition) is 5. The van der Waals surface area contributed by atoms with Crippen LogP contribution in [0, 0.1) is 0 Å². The summed E-state index contributed by atoms with van der Waals surface area (Å²) in [6.07, 6.45) is 52.1. The molecule has 1 amide bonds. The number of carbonyl (C=O) groups is 2. The van der Waals surface area contributed by atoms with E-state index in [0.717, 1.165) is 77.0 Å². The van der Waals surface area contributed by atoms with Gasteiger partial charge in [-0.15, -0.1) is 0 Å². The van der Waals surface area contributed by atoms with Gasteiger partial charge >= 0.3 is 5.97 Å². The normalized spacial score (nSPS) is 13.6. The molecule has 0 aromatic heterocycles. The maximum atomic E-state index is 13.1. The van der Waals surface area contributed by atoms with Crippen LogP contribution in [-0.4, -0.2) is 46.9 Å². The van der Waals surface area contributed by atoms with Crippen molar-refractivity contribution in [2.24, 2.45) is 0 Å². The van der Waals surface area contributed by atoms with Crippen LogP contribution in [0.5, 0.6) is 0 Å². The average molecular weight is 802 g/mol. The summed E-state index contributed by atoms with van der Waals surface area (Å²) in [4.78, 5) is 26.0. The lowest BCUT2D eigenvalue weighted by molar-refractivity contribution is -0.151. The number of carbonyl (C=O) groups excluding carboxylic acids is 2. The number of aliphatic hydroxyl groups excluding tert-OH is 2. The van der Waals surface area contributed by atoms with Crippen LogP contribution in [0.2, 0.25) is 0 Å². The SMILES string of the molecule is CC/C=C/C/C=C/C/C=C/CCCCC(CC(=O)NC(CO)C(O)CCCCCCCCCCCCC)OC(=O)CCCCCCCCCCCCCCCCC. The van der Waals surface area contributed by atoms with E-state index in [0.29, 0.717) is 19.3 Å². The zero-order chi connectivity index (χ0) is 41.7. The molecule has 0 saturated heterocycles. The highest BCUT2D eigenvalue weighted by molar-refractivity contribution is 5.77. The van der Waals surface area contributed by atoms with Crippen molar-refractivity contribution in [2.75, 3.05) is 6.61 Å². The molecule has 3 unspecified atom stereocenters. The van der Waals surface area contributed by atoms with Crippen LogP contribution in [0.4, 0.5) is 0 Å². The van der Waals surface area contributed by atoms with Gasteiger partial charge in [0.05, 0.1) is 25.2 Å². The molecule has 0 fully saturated rings. The molecule has 0 bridgehead atoms. The number of hydrogen-bond donors (Lipinski definition) is 3. The van der Waals surface area contributed by atoms with Crippen molar-refractivity contribution in [1.29, 1.82) is 0 Å². The molecule has 0 heterocycles. The number of amides is 1. The molecule has 6 heteroatoms. The van der Waals surface area contributed by atoms with Crippen molar-refractivity contribution in [3.05, 3.63) is 36.5 Å². The lowest BCUT2D eigenvalue weighted by atomic mass is 10.0. The molecule has 0 aliphatic heterocycles. The van der Waals surface area contributed by atoms with Crippen LogP contribution in [0.15, 0.2) is 36.5 Å². The summed E-state index contributed by atoms with van der Waals surface area (Å²) in [5.41, 5.74) is 0. The number of aliphatic hydroxyl groups is 2. The molecule has 0 aliphatic carbocycles. The monoisotopic (exact) mass is 802 g/mol. The van der Waals surface area contributed by atoms with E-state index >= 15 is 0 Å². The molecule has 6 nitrogen and oxygen atoms in total. The number of nitrogens with one attached hydrogen (secondary N) is 1. The third-order valence-electron chi connectivity index (χ3n) is 11.2. The lowest BCUT2D eigenvalue weighted by Crippen LogP contribution is -2.46. The summed E-state index contributed by atoms with van der Waals surface area (Å²) in [6.45, 7) is 6.36. The van der Waals surface area contributed by atoms with Crippen LogP contribution in [0.3, 0.4) is 0 Å². The Bertz CT molecular complexity index is 946. The predicted molar refractivity (Wildman–Crippen MR) is 246 cm³/mol. The van der Waals surface area contributed by atoms with Crippen molar-refractivity contribution < 1.29 is 24.5 Å². The third kappa shape index (κ3) is 40.6. The fourth-order valence-corrected chi connectivity index (χ4v) is 7.50. The van der Waals surface area contributed by atoms with E-state index in [-0.39, 0.29) is 24.9 Å². The Hall–Kier alpha value is -1.92. The highest BCUT2D eigenvalue weighted by Gasteiger charge is 2.24. The smallest absolute Gasteiger partial charge is 0.306 e. The molecule has 0 aromatic rings. The predicted octanol–water partition coefficient (Wildman–Crippen LogP) is 14.5. The number of unbranched alkanes of at least 4 members (excludes halogenated alkanes) is 26. The first-order chi connectivity index (χ1) is 28.0. The van der Waals surface area contributed by atoms with Gasteiger partial charge in [0.15, 0.2) is 0 Å². The number of allylic oxidation sites excluding steroid dienone is 6. The third-order valence-corrected chi connectivity index (χ3v) is 11.2. The topological polar surface area (TPSA) is 95.9 Å². The minimum atomic E-state index is -0.793. The van der Waals surface area contributed by atoms with E-state index in [4.69, 9.17) is 4.74 Å². The van der Waals surface area contributed by atoms with Gasteiger partial charge in [-0.05, 0) is 57.8 Å². The van der Waals surface area contributed by atoms with Gasteiger partial charge in [-0.1, -0.05) is 218 Å². The van der Waals surface area contributed by atoms with E-state index in [1.165, 1.54) is 128 Å². The molecule has 3 N–H and O–H groups in total. The Morgan fingerprint density at radius 2 is 0.947 bits per heavy atom. The molecule has 0 saturated carbocycles. The van der Waals surface area contributed by atoms with Gasteiger partial charge in [-0.2, -0.15) is 0 Å². The fourth-order valence-electron chi connectivity index (χ4n) is 7.50. The van der Waals surface area contributed by atoms with Gasteiger partial charge in [0.1, 0.15) is 6.10 Å². The Balaban J connectivity index is 4.58. The van der Waals surface area contributed by atoms with Gasteiger partial charge < -0.3 is 20.3 Å². The van der Waals surface area contributed by atoms with E-state index < -0.39 is 18.2 Å². The highest BCUT2D eigenvalue weighted by Crippen LogP contribution is 2.17. The molecule has 0 radical (unpaired) electrons. The van der Waals surface area contributed by atoms with Crippen LogP contribution in [0.1, 0.15) is 252 Å². The van der Waals surface area contributed by atoms with Gasteiger partial charge in [-0.25, -0.2) is 0 Å². The molecular formula is C51H95NO5. The molecule has 57 heavy (non-hydrogen) atoms. The molecule has 334 valence electrons. The van der Waals surface area contributed by atoms with Crippen molar-refractivity contribution in [2.45, 2.75) is 270 Å². The van der Waals surface area contributed by atoms with E-state index in [1.807, 2.05) is 0 Å². The molecule has 0 aromatic carbocycles. The zero-order valence-electron chi connectivity index (χ0n) is 38.0. The van der Waals surface area contributed by atoms with Crippen LogP contribution < -0.4 is 5.32 Å². The van der Waals surface area contributed by atoms with Gasteiger partial charge in [0.2, 0.25) is 5.91 Å². The highest BCUT2D eigenvalue weighted by atomic mass is 16.5. The molecule has 3 atom stereocenters. The molecule has 0 spiro atoms. The van der Waals surface area contributed by atoms with Crippen molar-refractivity contribution in [3.63, 3.8) is 0 Å². The first-order valence-electron chi connectivity index (χ1n) is 24.7. The summed E-state index contributed by atoms with van der Waals surface area (Å²) in [5, 5.41) is 23.7. The second-order valence-corrected chi connectivity index (χ2v) is 16.8. The quantitative estimate of drug-likeness (QED) is 0.0324. The fraction of sp³-hybridized carbons (Fsp3) is 0.843. The van der Waals surface area contributed by atoms with Gasteiger partial charge in [-0.3, -0.25) is 9.59 Å². The average Bonchev–Trinajstić information content (AvgIpc) is 3.20. The maximum Gasteiger partial charge on any atom is 0.306 e. The minimum absolute atomic E-state index is 0.0549. The Morgan fingerprint density at radius 3 is 1.42 bits per heavy atom. The summed E-state index contributed by atoms with van der Waals surface area (Å²) in [7, 11) is 0. The number of esters is 1. The number of rotatable bonds is 44. The van der Waals surface area contributed by atoms with Crippen LogP contribution in [0.25, 0.3) is 0 Å². The standard InChI is InChI=1S/C51H95NO5/c1-4-7-10-13-16-19-22-24-25-26-29-32-35-38-41-44-51(56)57-47(42-39-36-33-30-28-23-20-17-14-11-8-5-2)45-50(55)52-48(46-53)49(54)43-40-37-34-31-27-21-18-15-12-9-6-3/h8,11,17,20,28,30,47-49,53-54H,4-7,9-10,12-16,18-19,21-27,29,31-46H2,1-3H3,(H,52,55)/b11-8+,20-17+,30-28+. The summed E-state index contributed by atoms with van der Waals surface area (Å²) in [6, 6.07) is -0.709. The van der Waals surface area contributed by atoms with E-state index in [2.05, 4.69) is 62.5 Å². The number of ether oxygens (including phenoxy) is 1. The minimum Gasteiger partial charge on any atom is -0.462 e. The Morgan fingerprint density at radius 1 is 0.526 bits per heavy atom. The maximum absolute atomic E-state index is 13.1. The largest absolute Gasteiger partial charge is 0.462 e. The molecule has 0 aliphatic rings. The van der Waals surface area contributed by atoms with E-state index in [1.54, 1.807) is 0 Å². The van der Waals surface area contributed by atoms with Crippen molar-refractivity contribution >= 4 is 11.9 Å². The second kappa shape index (κ2) is 45.2. The summed E-state index contributed by atoms with van der Waals surface area (Å²) >= 11 is 0. The Kier molecular flexibility index (Phi) is 43.6. The first-order valence-corrected chi connectivity index (χ1v) is 24.7. The Labute approximate surface area is 353 Å². The van der Waals surface area contributed by atoms with E-state index in [9.17, 15) is 19.8 Å². The van der Waals surface area contributed by atoms with Gasteiger partial charge in [0.25, 0.3) is 0 Å². The summed E-state index contributed by atoms with van der Waals surface area (Å²) in [5.74, 6) is -0.504. The molecular weight excluding hydrogens is 707 g/mol.